The number of ether oxygens (including phenoxy) is 6. The van der Waals surface area contributed by atoms with E-state index in [0.29, 0.717) is 118 Å². The van der Waals surface area contributed by atoms with E-state index in [2.05, 4.69) is 21.9 Å². The van der Waals surface area contributed by atoms with Crippen molar-refractivity contribution in [1.82, 2.24) is 16.0 Å². The van der Waals surface area contributed by atoms with Gasteiger partial charge in [0.15, 0.2) is 0 Å². The zero-order chi connectivity index (χ0) is 30.6. The van der Waals surface area contributed by atoms with Gasteiger partial charge in [-0.3, -0.25) is 9.59 Å². The van der Waals surface area contributed by atoms with E-state index in [1.54, 1.807) is 0 Å². The van der Waals surface area contributed by atoms with E-state index >= 15 is 0 Å². The lowest BCUT2D eigenvalue weighted by atomic mass is 10.2. The Morgan fingerprint density at radius 2 is 0.929 bits per heavy atom. The summed E-state index contributed by atoms with van der Waals surface area (Å²) in [5.41, 5.74) is 5.39. The number of hydrogen-bond donors (Lipinski definition) is 4. The minimum Gasteiger partial charge on any atom is -0.379 e. The molecule has 12 heteroatoms. The Morgan fingerprint density at radius 3 is 1.40 bits per heavy atom. The van der Waals surface area contributed by atoms with Crippen LogP contribution in [0.1, 0.15) is 57.8 Å². The molecule has 0 unspecified atom stereocenters. The minimum atomic E-state index is -0.0197. The van der Waals surface area contributed by atoms with Crippen LogP contribution in [0.2, 0.25) is 0 Å². The van der Waals surface area contributed by atoms with Crippen LogP contribution in [0.15, 0.2) is 0 Å². The van der Waals surface area contributed by atoms with E-state index in [0.717, 1.165) is 51.6 Å². The van der Waals surface area contributed by atoms with Crippen molar-refractivity contribution in [3.63, 3.8) is 0 Å². The second-order valence-corrected chi connectivity index (χ2v) is 9.49. The van der Waals surface area contributed by atoms with Gasteiger partial charge in [0.1, 0.15) is 0 Å². The highest BCUT2D eigenvalue weighted by Crippen LogP contribution is 1.95. The Hall–Kier alpha value is -1.82. The summed E-state index contributed by atoms with van der Waals surface area (Å²) in [5.74, 6) is 2.52. The third kappa shape index (κ3) is 34.4. The molecule has 0 saturated carbocycles. The van der Waals surface area contributed by atoms with Crippen LogP contribution >= 0.6 is 0 Å². The summed E-state index contributed by atoms with van der Waals surface area (Å²) in [4.78, 5) is 23.3. The van der Waals surface area contributed by atoms with Crippen molar-refractivity contribution in [3.05, 3.63) is 0 Å². The van der Waals surface area contributed by atoms with Crippen LogP contribution in [0.4, 0.5) is 0 Å². The van der Waals surface area contributed by atoms with Gasteiger partial charge in [-0.2, -0.15) is 0 Å². The molecule has 0 aromatic heterocycles. The number of carbonyl (C=O) groups excluding carboxylic acids is 2. The Bertz CT molecular complexity index is 637. The van der Waals surface area contributed by atoms with Crippen LogP contribution in [0.5, 0.6) is 0 Å². The van der Waals surface area contributed by atoms with Crippen molar-refractivity contribution in [2.45, 2.75) is 57.8 Å². The van der Waals surface area contributed by atoms with Crippen LogP contribution in [0.25, 0.3) is 0 Å². The molecule has 246 valence electrons. The lowest BCUT2D eigenvalue weighted by molar-refractivity contribution is -0.122. The first-order valence-electron chi connectivity index (χ1n) is 15.5. The monoisotopic (exact) mass is 602 g/mol. The number of nitrogens with two attached hydrogens (primary N) is 1. The Kier molecular flexibility index (Phi) is 33.8. The first-order chi connectivity index (χ1) is 20.7. The van der Waals surface area contributed by atoms with Crippen LogP contribution in [-0.4, -0.2) is 124 Å². The molecule has 0 aliphatic rings. The van der Waals surface area contributed by atoms with E-state index in [1.807, 2.05) is 0 Å². The van der Waals surface area contributed by atoms with Crippen LogP contribution < -0.4 is 21.7 Å². The van der Waals surface area contributed by atoms with E-state index in [-0.39, 0.29) is 11.8 Å². The maximum absolute atomic E-state index is 11.9. The summed E-state index contributed by atoms with van der Waals surface area (Å²) in [7, 11) is 0. The number of terminal acetylenes is 1. The lowest BCUT2D eigenvalue weighted by Crippen LogP contribution is -2.25. The van der Waals surface area contributed by atoms with Gasteiger partial charge in [-0.1, -0.05) is 0 Å². The summed E-state index contributed by atoms with van der Waals surface area (Å²) in [6.45, 7) is 10.6. The van der Waals surface area contributed by atoms with Crippen LogP contribution in [0.3, 0.4) is 0 Å². The first kappa shape index (κ1) is 40.2. The molecule has 0 radical (unpaired) electrons. The van der Waals surface area contributed by atoms with Gasteiger partial charge in [0.25, 0.3) is 0 Å². The number of carbonyl (C=O) groups is 2. The Morgan fingerprint density at radius 1 is 0.524 bits per heavy atom. The fourth-order valence-electron chi connectivity index (χ4n) is 3.40. The highest BCUT2D eigenvalue weighted by molar-refractivity contribution is 5.76. The summed E-state index contributed by atoms with van der Waals surface area (Å²) in [5, 5.41) is 9.12. The number of unbranched alkanes of at least 4 members (excludes halogenated alkanes) is 1. The highest BCUT2D eigenvalue weighted by atomic mass is 16.5. The van der Waals surface area contributed by atoms with E-state index < -0.39 is 0 Å². The predicted molar refractivity (Wildman–Crippen MR) is 163 cm³/mol. The summed E-state index contributed by atoms with van der Waals surface area (Å²) in [6.07, 6.45) is 11.7. The maximum Gasteiger partial charge on any atom is 0.220 e. The second kappa shape index (κ2) is 35.4. The summed E-state index contributed by atoms with van der Waals surface area (Å²) in [6, 6.07) is 0. The lowest BCUT2D eigenvalue weighted by Gasteiger charge is -2.08. The average molecular weight is 603 g/mol. The number of amides is 2. The van der Waals surface area contributed by atoms with Gasteiger partial charge in [0.05, 0.1) is 52.9 Å². The predicted octanol–water partition coefficient (Wildman–Crippen LogP) is 1.01. The third-order valence-electron chi connectivity index (χ3n) is 5.70. The molecular weight excluding hydrogens is 544 g/mol. The molecule has 0 bridgehead atoms. The average Bonchev–Trinajstić information content (AvgIpc) is 2.99. The quantitative estimate of drug-likeness (QED) is 0.0621. The normalized spacial score (nSPS) is 11.0. The van der Waals surface area contributed by atoms with Crippen molar-refractivity contribution in [2.24, 2.45) is 5.73 Å². The van der Waals surface area contributed by atoms with Crippen LogP contribution in [0, 0.1) is 12.3 Å². The topological polar surface area (TPSA) is 152 Å². The van der Waals surface area contributed by atoms with Gasteiger partial charge < -0.3 is 50.1 Å². The van der Waals surface area contributed by atoms with E-state index in [4.69, 9.17) is 40.6 Å². The SMILES string of the molecule is C#CCCC(=O)NCCCOCCOCCOCCCNCCCCC(=O)NCCCOCCOCCOCCCN. The molecule has 0 aromatic rings. The van der Waals surface area contributed by atoms with Crippen molar-refractivity contribution in [1.29, 1.82) is 0 Å². The van der Waals surface area contributed by atoms with Gasteiger partial charge in [0.2, 0.25) is 11.8 Å². The van der Waals surface area contributed by atoms with E-state index in [1.165, 1.54) is 0 Å². The first-order valence-corrected chi connectivity index (χ1v) is 15.5. The Labute approximate surface area is 253 Å². The molecule has 42 heavy (non-hydrogen) atoms. The highest BCUT2D eigenvalue weighted by Gasteiger charge is 2.01. The smallest absolute Gasteiger partial charge is 0.220 e. The van der Waals surface area contributed by atoms with Gasteiger partial charge in [-0.15, -0.1) is 12.3 Å². The van der Waals surface area contributed by atoms with Gasteiger partial charge >= 0.3 is 0 Å². The minimum absolute atomic E-state index is 0.0197. The van der Waals surface area contributed by atoms with Crippen molar-refractivity contribution in [3.8, 4) is 12.3 Å². The summed E-state index contributed by atoms with van der Waals surface area (Å²) >= 11 is 0. The van der Waals surface area contributed by atoms with Crippen molar-refractivity contribution in [2.75, 3.05) is 112 Å². The molecular formula is C30H58N4O8. The zero-order valence-electron chi connectivity index (χ0n) is 25.8. The largest absolute Gasteiger partial charge is 0.379 e. The summed E-state index contributed by atoms with van der Waals surface area (Å²) < 4.78 is 32.8. The maximum atomic E-state index is 11.9. The number of rotatable bonds is 34. The molecule has 0 aromatic carbocycles. The van der Waals surface area contributed by atoms with E-state index in [9.17, 15) is 9.59 Å². The fraction of sp³-hybridized carbons (Fsp3) is 0.867. The molecule has 5 N–H and O–H groups in total. The second-order valence-electron chi connectivity index (χ2n) is 9.49. The fourth-order valence-corrected chi connectivity index (χ4v) is 3.40. The molecule has 0 rings (SSSR count). The molecule has 0 heterocycles. The molecule has 12 nitrogen and oxygen atoms in total. The van der Waals surface area contributed by atoms with Gasteiger partial charge in [0, 0.05) is 58.8 Å². The van der Waals surface area contributed by atoms with Gasteiger partial charge in [-0.25, -0.2) is 0 Å². The molecule has 0 saturated heterocycles. The van der Waals surface area contributed by atoms with Crippen molar-refractivity contribution >= 4 is 11.8 Å². The Balaban J connectivity index is 3.17. The molecule has 2 amide bonds. The molecule has 0 fully saturated rings. The molecule has 0 aliphatic carbocycles. The third-order valence-corrected chi connectivity index (χ3v) is 5.70. The number of hydrogen-bond acceptors (Lipinski definition) is 10. The number of nitrogens with one attached hydrogen (secondary N) is 3. The molecule has 0 aliphatic heterocycles. The molecule has 0 atom stereocenters. The standard InChI is InChI=1S/C30H58N4O8/c1-2-3-10-29(35)33-15-8-19-39-24-28-42-26-22-38-18-7-14-32-13-5-4-11-30(36)34-16-9-20-40-23-27-41-25-21-37-17-6-12-31/h1,32H,3-28,31H2,(H,33,35)(H,34,36). The zero-order valence-corrected chi connectivity index (χ0v) is 25.8. The molecule has 0 spiro atoms. The van der Waals surface area contributed by atoms with Crippen LogP contribution in [-0.2, 0) is 38.0 Å². The van der Waals surface area contributed by atoms with Gasteiger partial charge in [-0.05, 0) is 58.2 Å². The van der Waals surface area contributed by atoms with Crippen molar-refractivity contribution < 1.29 is 38.0 Å².